The van der Waals surface area contributed by atoms with Crippen LogP contribution in [0.15, 0.2) is 24.3 Å². The first-order valence-electron chi connectivity index (χ1n) is 6.38. The third kappa shape index (κ3) is 6.22. The van der Waals surface area contributed by atoms with Gasteiger partial charge in [-0.25, -0.2) is 0 Å². The lowest BCUT2D eigenvalue weighted by molar-refractivity contribution is -0.127. The molecule has 3 N–H and O–H groups in total. The van der Waals surface area contributed by atoms with E-state index in [9.17, 15) is 4.79 Å². The second kappa shape index (κ2) is 7.76. The molecule has 0 saturated heterocycles. The van der Waals surface area contributed by atoms with Crippen molar-refractivity contribution in [2.45, 2.75) is 33.0 Å². The molecule has 0 aliphatic carbocycles. The predicted octanol–water partition coefficient (Wildman–Crippen LogP) is 2.04. The minimum atomic E-state index is -0.520. The molecule has 5 nitrogen and oxygen atoms in total. The molecular weight excluding hydrogens is 244 g/mol. The fourth-order valence-corrected chi connectivity index (χ4v) is 1.39. The van der Waals surface area contributed by atoms with E-state index in [1.165, 1.54) is 0 Å². The zero-order valence-corrected chi connectivity index (χ0v) is 11.7. The number of rotatable bonds is 7. The van der Waals surface area contributed by atoms with Gasteiger partial charge in [-0.05, 0) is 45.0 Å². The normalized spacial score (nSPS) is 12.4. The minimum Gasteiger partial charge on any atom is -0.399 e. The van der Waals surface area contributed by atoms with Gasteiger partial charge in [0.25, 0.3) is 5.91 Å². The number of benzene rings is 1. The zero-order valence-electron chi connectivity index (χ0n) is 11.7. The van der Waals surface area contributed by atoms with Crippen LogP contribution in [0.2, 0.25) is 0 Å². The Morgan fingerprint density at radius 3 is 2.32 bits per heavy atom. The highest BCUT2D eigenvalue weighted by Crippen LogP contribution is 2.11. The molecule has 0 aliphatic heterocycles. The number of nitrogens with one attached hydrogen (secondary N) is 1. The number of nitrogens with two attached hydrogens (primary N) is 1. The van der Waals surface area contributed by atoms with E-state index < -0.39 is 6.10 Å². The molecule has 1 aromatic rings. The molecule has 0 aromatic heterocycles. The molecule has 0 bridgehead atoms. The van der Waals surface area contributed by atoms with Crippen molar-refractivity contribution in [3.63, 3.8) is 0 Å². The first-order valence-corrected chi connectivity index (χ1v) is 6.38. The fourth-order valence-electron chi connectivity index (χ4n) is 1.39. The van der Waals surface area contributed by atoms with Crippen molar-refractivity contribution in [1.29, 1.82) is 0 Å². The molecule has 1 amide bonds. The van der Waals surface area contributed by atoms with Crippen LogP contribution in [-0.4, -0.2) is 31.3 Å². The Hall–Kier alpha value is -1.59. The lowest BCUT2D eigenvalue weighted by atomic mass is 10.2. The van der Waals surface area contributed by atoms with E-state index >= 15 is 0 Å². The lowest BCUT2D eigenvalue weighted by Gasteiger charge is -2.14. The molecule has 0 radical (unpaired) electrons. The Morgan fingerprint density at radius 1 is 1.16 bits per heavy atom. The molecule has 106 valence electrons. The summed E-state index contributed by atoms with van der Waals surface area (Å²) in [6.07, 6.45) is -0.351. The maximum Gasteiger partial charge on any atom is 0.253 e. The fraction of sp³-hybridized carbons (Fsp3) is 0.500. The van der Waals surface area contributed by atoms with Crippen LogP contribution in [-0.2, 0) is 14.3 Å². The first kappa shape index (κ1) is 15.5. The van der Waals surface area contributed by atoms with Gasteiger partial charge in [-0.1, -0.05) is 0 Å². The summed E-state index contributed by atoms with van der Waals surface area (Å²) >= 11 is 0. The van der Waals surface area contributed by atoms with Crippen molar-refractivity contribution >= 4 is 17.3 Å². The molecule has 1 aromatic carbocycles. The van der Waals surface area contributed by atoms with Gasteiger partial charge in [-0.3, -0.25) is 4.79 Å². The Kier molecular flexibility index (Phi) is 6.32. The molecule has 0 fully saturated rings. The van der Waals surface area contributed by atoms with Gasteiger partial charge in [0.15, 0.2) is 0 Å². The predicted molar refractivity (Wildman–Crippen MR) is 76.0 cm³/mol. The third-order valence-corrected chi connectivity index (χ3v) is 2.45. The summed E-state index contributed by atoms with van der Waals surface area (Å²) < 4.78 is 10.7. The van der Waals surface area contributed by atoms with Crippen molar-refractivity contribution in [3.8, 4) is 0 Å². The van der Waals surface area contributed by atoms with Crippen LogP contribution in [0.1, 0.15) is 20.8 Å². The maximum absolute atomic E-state index is 11.8. The van der Waals surface area contributed by atoms with Gasteiger partial charge in [0.1, 0.15) is 6.10 Å². The number of amides is 1. The molecule has 1 rings (SSSR count). The highest BCUT2D eigenvalue weighted by Gasteiger charge is 2.13. The SMILES string of the molecule is CC(C)OCCOC(C)C(=O)Nc1ccc(N)cc1. The minimum absolute atomic E-state index is 0.169. The summed E-state index contributed by atoms with van der Waals surface area (Å²) in [5, 5.41) is 2.76. The van der Waals surface area contributed by atoms with E-state index in [0.29, 0.717) is 24.6 Å². The number of carbonyl (C=O) groups is 1. The van der Waals surface area contributed by atoms with Crippen LogP contribution in [0, 0.1) is 0 Å². The van der Waals surface area contributed by atoms with Gasteiger partial charge < -0.3 is 20.5 Å². The van der Waals surface area contributed by atoms with Crippen molar-refractivity contribution < 1.29 is 14.3 Å². The first-order chi connectivity index (χ1) is 8.99. The van der Waals surface area contributed by atoms with Crippen molar-refractivity contribution in [3.05, 3.63) is 24.3 Å². The monoisotopic (exact) mass is 266 g/mol. The summed E-state index contributed by atoms with van der Waals surface area (Å²) in [5.41, 5.74) is 6.93. The van der Waals surface area contributed by atoms with Crippen LogP contribution in [0.3, 0.4) is 0 Å². The van der Waals surface area contributed by atoms with Crippen LogP contribution in [0.4, 0.5) is 11.4 Å². The van der Waals surface area contributed by atoms with Gasteiger partial charge in [-0.2, -0.15) is 0 Å². The molecule has 19 heavy (non-hydrogen) atoms. The Labute approximate surface area is 114 Å². The highest BCUT2D eigenvalue weighted by molar-refractivity contribution is 5.93. The molecule has 0 aliphatic rings. The summed E-state index contributed by atoms with van der Waals surface area (Å²) in [6.45, 7) is 6.50. The quantitative estimate of drug-likeness (QED) is 0.585. The molecule has 5 heteroatoms. The van der Waals surface area contributed by atoms with Crippen LogP contribution in [0.5, 0.6) is 0 Å². The summed E-state index contributed by atoms with van der Waals surface area (Å²) in [4.78, 5) is 11.8. The third-order valence-electron chi connectivity index (χ3n) is 2.45. The second-order valence-corrected chi connectivity index (χ2v) is 4.54. The maximum atomic E-state index is 11.8. The van der Waals surface area contributed by atoms with Gasteiger partial charge in [0.2, 0.25) is 0 Å². The van der Waals surface area contributed by atoms with E-state index in [4.69, 9.17) is 15.2 Å². The van der Waals surface area contributed by atoms with E-state index in [0.717, 1.165) is 0 Å². The highest BCUT2D eigenvalue weighted by atomic mass is 16.5. The van der Waals surface area contributed by atoms with Gasteiger partial charge in [0, 0.05) is 11.4 Å². The van der Waals surface area contributed by atoms with E-state index in [1.807, 2.05) is 13.8 Å². The van der Waals surface area contributed by atoms with Crippen molar-refractivity contribution in [1.82, 2.24) is 0 Å². The Balaban J connectivity index is 2.30. The molecular formula is C14H22N2O3. The van der Waals surface area contributed by atoms with E-state index in [2.05, 4.69) is 5.32 Å². The van der Waals surface area contributed by atoms with Crippen LogP contribution >= 0.6 is 0 Å². The number of ether oxygens (including phenoxy) is 2. The second-order valence-electron chi connectivity index (χ2n) is 4.54. The van der Waals surface area contributed by atoms with Gasteiger partial charge >= 0.3 is 0 Å². The summed E-state index contributed by atoms with van der Waals surface area (Å²) in [5.74, 6) is -0.186. The molecule has 0 saturated carbocycles. The van der Waals surface area contributed by atoms with Crippen LogP contribution in [0.25, 0.3) is 0 Å². The smallest absolute Gasteiger partial charge is 0.253 e. The number of carbonyl (C=O) groups excluding carboxylic acids is 1. The lowest BCUT2D eigenvalue weighted by Crippen LogP contribution is -2.29. The van der Waals surface area contributed by atoms with Crippen molar-refractivity contribution in [2.24, 2.45) is 0 Å². The summed E-state index contributed by atoms with van der Waals surface area (Å²) in [7, 11) is 0. The average molecular weight is 266 g/mol. The molecule has 0 heterocycles. The van der Waals surface area contributed by atoms with Gasteiger partial charge in [0.05, 0.1) is 19.3 Å². The Bertz CT molecular complexity index is 390. The molecule has 1 unspecified atom stereocenters. The standard InChI is InChI=1S/C14H22N2O3/c1-10(2)18-8-9-19-11(3)14(17)16-13-6-4-12(15)5-7-13/h4-7,10-11H,8-9,15H2,1-3H3,(H,16,17). The van der Waals surface area contributed by atoms with Crippen molar-refractivity contribution in [2.75, 3.05) is 24.3 Å². The topological polar surface area (TPSA) is 73.6 Å². The number of hydrogen-bond acceptors (Lipinski definition) is 4. The Morgan fingerprint density at radius 2 is 1.74 bits per heavy atom. The zero-order chi connectivity index (χ0) is 14.3. The van der Waals surface area contributed by atoms with Crippen LogP contribution < -0.4 is 11.1 Å². The molecule has 1 atom stereocenters. The number of nitrogen functional groups attached to an aromatic ring is 1. The molecule has 0 spiro atoms. The summed E-state index contributed by atoms with van der Waals surface area (Å²) in [6, 6.07) is 6.97. The number of hydrogen-bond donors (Lipinski definition) is 2. The van der Waals surface area contributed by atoms with E-state index in [-0.39, 0.29) is 12.0 Å². The average Bonchev–Trinajstić information content (AvgIpc) is 2.36. The number of anilines is 2. The largest absolute Gasteiger partial charge is 0.399 e. The van der Waals surface area contributed by atoms with E-state index in [1.54, 1.807) is 31.2 Å². The van der Waals surface area contributed by atoms with Gasteiger partial charge in [-0.15, -0.1) is 0 Å².